The maximum Gasteiger partial charge on any atom is 0.239 e. The first kappa shape index (κ1) is 19.5. The fraction of sp³-hybridized carbons (Fsp3) is 0.500. The minimum absolute atomic E-state index is 0. The van der Waals surface area contributed by atoms with E-state index in [1.165, 1.54) is 0 Å². The van der Waals surface area contributed by atoms with Crippen LogP contribution in [0.25, 0.3) is 0 Å². The Balaban J connectivity index is 0. The number of nitrogens with zero attached hydrogens (tertiary/aromatic N) is 2. The molecule has 0 aliphatic heterocycles. The predicted octanol–water partition coefficient (Wildman–Crippen LogP) is 1.87. The second-order valence-corrected chi connectivity index (χ2v) is 4.32. The quantitative estimate of drug-likeness (QED) is 0.922. The molecule has 1 amide bonds. The molecule has 0 radical (unpaired) electrons. The first-order chi connectivity index (χ1) is 7.52. The molecule has 1 aromatic heterocycles. The lowest BCUT2D eigenvalue weighted by atomic mass is 10.0. The molecule has 4 nitrogen and oxygen atoms in total. The average molecular weight is 294 g/mol. The number of amides is 1. The summed E-state index contributed by atoms with van der Waals surface area (Å²) in [7, 11) is 1.77. The van der Waals surface area contributed by atoms with Gasteiger partial charge in [-0.2, -0.15) is 0 Å². The highest BCUT2D eigenvalue weighted by atomic mass is 35.5. The van der Waals surface area contributed by atoms with E-state index in [-0.39, 0.29) is 36.6 Å². The predicted molar refractivity (Wildman–Crippen MR) is 78.0 cm³/mol. The van der Waals surface area contributed by atoms with E-state index in [2.05, 4.69) is 4.98 Å². The molecule has 0 fully saturated rings. The molecule has 0 aliphatic rings. The summed E-state index contributed by atoms with van der Waals surface area (Å²) in [6.45, 7) is 4.47. The molecule has 0 aromatic carbocycles. The summed E-state index contributed by atoms with van der Waals surface area (Å²) in [6, 6.07) is 3.36. The van der Waals surface area contributed by atoms with Gasteiger partial charge in [0.05, 0.1) is 6.04 Å². The van der Waals surface area contributed by atoms with Gasteiger partial charge in [0.15, 0.2) is 0 Å². The average Bonchev–Trinajstić information content (AvgIpc) is 2.28. The standard InChI is InChI=1S/C12H19N3O.2ClH/c1-9(2)11(13)12(16)15(3)8-10-4-6-14-7-5-10;;/h4-7,9,11H,8,13H2,1-3H3;2*1H. The van der Waals surface area contributed by atoms with Gasteiger partial charge < -0.3 is 10.6 Å². The van der Waals surface area contributed by atoms with Gasteiger partial charge in [-0.25, -0.2) is 0 Å². The Labute approximate surface area is 121 Å². The normalized spacial score (nSPS) is 11.2. The fourth-order valence-corrected chi connectivity index (χ4v) is 1.38. The summed E-state index contributed by atoms with van der Waals surface area (Å²) < 4.78 is 0. The topological polar surface area (TPSA) is 59.2 Å². The molecule has 1 unspecified atom stereocenters. The molecule has 1 atom stereocenters. The number of halogens is 2. The summed E-state index contributed by atoms with van der Waals surface area (Å²) >= 11 is 0. The van der Waals surface area contributed by atoms with Crippen molar-refractivity contribution in [3.8, 4) is 0 Å². The SMILES string of the molecule is CC(C)C(N)C(=O)N(C)Cc1ccncc1.Cl.Cl. The Bertz CT molecular complexity index is 346. The Hall–Kier alpha value is -0.840. The van der Waals surface area contributed by atoms with Crippen molar-refractivity contribution >= 4 is 30.7 Å². The second kappa shape index (κ2) is 9.14. The lowest BCUT2D eigenvalue weighted by molar-refractivity contribution is -0.132. The highest BCUT2D eigenvalue weighted by molar-refractivity contribution is 5.85. The van der Waals surface area contributed by atoms with Gasteiger partial charge in [-0.15, -0.1) is 24.8 Å². The van der Waals surface area contributed by atoms with Crippen molar-refractivity contribution in [1.82, 2.24) is 9.88 Å². The van der Waals surface area contributed by atoms with E-state index in [0.29, 0.717) is 6.54 Å². The Morgan fingerprint density at radius 2 is 1.83 bits per heavy atom. The van der Waals surface area contributed by atoms with E-state index in [1.54, 1.807) is 24.3 Å². The third-order valence-electron chi connectivity index (χ3n) is 2.55. The molecule has 2 N–H and O–H groups in total. The van der Waals surface area contributed by atoms with Crippen LogP contribution in [0.5, 0.6) is 0 Å². The van der Waals surface area contributed by atoms with Gasteiger partial charge in [0.1, 0.15) is 0 Å². The molecule has 1 aromatic rings. The van der Waals surface area contributed by atoms with Crippen molar-refractivity contribution in [2.45, 2.75) is 26.4 Å². The minimum Gasteiger partial charge on any atom is -0.340 e. The highest BCUT2D eigenvalue weighted by Crippen LogP contribution is 2.06. The smallest absolute Gasteiger partial charge is 0.239 e. The summed E-state index contributed by atoms with van der Waals surface area (Å²) in [5.41, 5.74) is 6.87. The number of aromatic nitrogens is 1. The van der Waals surface area contributed by atoms with E-state index in [4.69, 9.17) is 5.73 Å². The molecule has 1 heterocycles. The van der Waals surface area contributed by atoms with Crippen molar-refractivity contribution in [2.75, 3.05) is 7.05 Å². The van der Waals surface area contributed by atoms with Gasteiger partial charge in [-0.05, 0) is 23.6 Å². The largest absolute Gasteiger partial charge is 0.340 e. The Morgan fingerprint density at radius 3 is 2.28 bits per heavy atom. The van der Waals surface area contributed by atoms with Crippen molar-refractivity contribution in [1.29, 1.82) is 0 Å². The van der Waals surface area contributed by atoms with E-state index in [9.17, 15) is 4.79 Å². The van der Waals surface area contributed by atoms with Crippen molar-refractivity contribution in [3.05, 3.63) is 30.1 Å². The number of rotatable bonds is 4. The van der Waals surface area contributed by atoms with Crippen molar-refractivity contribution in [3.63, 3.8) is 0 Å². The molecule has 0 bridgehead atoms. The highest BCUT2D eigenvalue weighted by Gasteiger charge is 2.20. The Morgan fingerprint density at radius 1 is 1.33 bits per heavy atom. The van der Waals surface area contributed by atoms with Crippen LogP contribution in [0, 0.1) is 5.92 Å². The summed E-state index contributed by atoms with van der Waals surface area (Å²) in [5.74, 6) is 0.138. The van der Waals surface area contributed by atoms with Crippen LogP contribution >= 0.6 is 24.8 Å². The number of carbonyl (C=O) groups excluding carboxylic acids is 1. The first-order valence-corrected chi connectivity index (χ1v) is 5.42. The minimum atomic E-state index is -0.424. The molecule has 104 valence electrons. The molecular formula is C12H21Cl2N3O. The van der Waals surface area contributed by atoms with E-state index in [0.717, 1.165) is 5.56 Å². The third kappa shape index (κ3) is 5.67. The monoisotopic (exact) mass is 293 g/mol. The molecule has 1 rings (SSSR count). The van der Waals surface area contributed by atoms with Crippen molar-refractivity contribution < 1.29 is 4.79 Å². The second-order valence-electron chi connectivity index (χ2n) is 4.32. The Kier molecular flexibility index (Phi) is 9.90. The summed E-state index contributed by atoms with van der Waals surface area (Å²) in [6.07, 6.45) is 3.44. The van der Waals surface area contributed by atoms with Crippen LogP contribution < -0.4 is 5.73 Å². The number of pyridine rings is 1. The fourth-order valence-electron chi connectivity index (χ4n) is 1.38. The maximum atomic E-state index is 11.9. The lowest BCUT2D eigenvalue weighted by Crippen LogP contribution is -2.44. The van der Waals surface area contributed by atoms with Crippen LogP contribution in [0.1, 0.15) is 19.4 Å². The number of carbonyl (C=O) groups is 1. The molecule has 0 saturated carbocycles. The number of hydrogen-bond donors (Lipinski definition) is 1. The summed E-state index contributed by atoms with van der Waals surface area (Å²) in [4.78, 5) is 17.5. The molecule has 18 heavy (non-hydrogen) atoms. The van der Waals surface area contributed by atoms with Crippen LogP contribution in [-0.4, -0.2) is 28.9 Å². The van der Waals surface area contributed by atoms with Gasteiger partial charge in [0.2, 0.25) is 5.91 Å². The molecule has 0 aliphatic carbocycles. The lowest BCUT2D eigenvalue weighted by Gasteiger charge is -2.23. The zero-order valence-corrected chi connectivity index (χ0v) is 12.5. The van der Waals surface area contributed by atoms with Crippen LogP contribution in [0.15, 0.2) is 24.5 Å². The molecule has 0 saturated heterocycles. The van der Waals surface area contributed by atoms with E-state index >= 15 is 0 Å². The van der Waals surface area contributed by atoms with Crippen molar-refractivity contribution in [2.24, 2.45) is 11.7 Å². The summed E-state index contributed by atoms with van der Waals surface area (Å²) in [5, 5.41) is 0. The molecular weight excluding hydrogens is 273 g/mol. The zero-order chi connectivity index (χ0) is 12.1. The van der Waals surface area contributed by atoms with Gasteiger partial charge in [-0.3, -0.25) is 9.78 Å². The number of hydrogen-bond acceptors (Lipinski definition) is 3. The zero-order valence-electron chi connectivity index (χ0n) is 10.9. The van der Waals surface area contributed by atoms with Crippen LogP contribution in [-0.2, 0) is 11.3 Å². The van der Waals surface area contributed by atoms with Crippen LogP contribution in [0.2, 0.25) is 0 Å². The number of nitrogens with two attached hydrogens (primary N) is 1. The van der Waals surface area contributed by atoms with Crippen LogP contribution in [0.4, 0.5) is 0 Å². The first-order valence-electron chi connectivity index (χ1n) is 5.42. The molecule has 0 spiro atoms. The maximum absolute atomic E-state index is 11.9. The van der Waals surface area contributed by atoms with Gasteiger partial charge in [0, 0.05) is 26.0 Å². The number of likely N-dealkylation sites (N-methyl/N-ethyl adjacent to an activating group) is 1. The van der Waals surface area contributed by atoms with Crippen LogP contribution in [0.3, 0.4) is 0 Å². The van der Waals surface area contributed by atoms with Gasteiger partial charge in [0.25, 0.3) is 0 Å². The molecule has 6 heteroatoms. The van der Waals surface area contributed by atoms with E-state index in [1.807, 2.05) is 26.0 Å². The van der Waals surface area contributed by atoms with E-state index < -0.39 is 6.04 Å². The third-order valence-corrected chi connectivity index (χ3v) is 2.55. The van der Waals surface area contributed by atoms with Gasteiger partial charge >= 0.3 is 0 Å². The van der Waals surface area contributed by atoms with Gasteiger partial charge in [-0.1, -0.05) is 13.8 Å².